The Kier molecular flexibility index (Phi) is 3.73. The van der Waals surface area contributed by atoms with Crippen LogP contribution in [0.5, 0.6) is 0 Å². The molecule has 1 aromatic heterocycles. The number of oxime groups is 1. The summed E-state index contributed by atoms with van der Waals surface area (Å²) in [7, 11) is 1.43. The number of hydrogen-bond donors (Lipinski definition) is 0. The van der Waals surface area contributed by atoms with Crippen LogP contribution in [0.15, 0.2) is 33.9 Å². The Morgan fingerprint density at radius 2 is 1.90 bits per heavy atom. The van der Waals surface area contributed by atoms with Crippen molar-refractivity contribution in [1.29, 1.82) is 0 Å². The van der Waals surface area contributed by atoms with Crippen molar-refractivity contribution < 1.29 is 22.5 Å². The number of alkyl halides is 3. The summed E-state index contributed by atoms with van der Waals surface area (Å²) in [5, 5.41) is 7.05. The summed E-state index contributed by atoms with van der Waals surface area (Å²) in [6, 6.07) is 6.51. The van der Waals surface area contributed by atoms with Crippen molar-refractivity contribution in [3.8, 4) is 11.4 Å². The Hall–Kier alpha value is -2.38. The van der Waals surface area contributed by atoms with Crippen molar-refractivity contribution in [1.82, 2.24) is 10.1 Å². The van der Waals surface area contributed by atoms with Gasteiger partial charge in [-0.2, -0.15) is 18.2 Å². The second kappa shape index (κ2) is 5.32. The Bertz CT molecular complexity index is 618. The fraction of sp³-hybridized carbons (Fsp3) is 0.250. The number of halogens is 3. The maximum atomic E-state index is 12.3. The zero-order chi connectivity index (χ0) is 14.8. The van der Waals surface area contributed by atoms with Crippen LogP contribution in [-0.2, 0) is 11.0 Å². The van der Waals surface area contributed by atoms with Crippen LogP contribution >= 0.6 is 0 Å². The molecule has 0 atom stereocenters. The molecule has 0 aliphatic carbocycles. The van der Waals surface area contributed by atoms with Gasteiger partial charge >= 0.3 is 12.1 Å². The van der Waals surface area contributed by atoms with Gasteiger partial charge in [-0.1, -0.05) is 34.6 Å². The van der Waals surface area contributed by atoms with Gasteiger partial charge in [-0.3, -0.25) is 0 Å². The number of nitrogens with zero attached hydrogens (tertiary/aromatic N) is 3. The van der Waals surface area contributed by atoms with Gasteiger partial charge in [0.1, 0.15) is 7.11 Å². The first-order chi connectivity index (χ1) is 9.41. The zero-order valence-corrected chi connectivity index (χ0v) is 10.6. The molecule has 0 bridgehead atoms. The van der Waals surface area contributed by atoms with Crippen LogP contribution in [0.25, 0.3) is 11.4 Å². The minimum atomic E-state index is -4.65. The third-order valence-corrected chi connectivity index (χ3v) is 2.46. The minimum Gasteiger partial charge on any atom is -0.399 e. The lowest BCUT2D eigenvalue weighted by Gasteiger charge is -2.00. The smallest absolute Gasteiger partial charge is 0.399 e. The van der Waals surface area contributed by atoms with Crippen molar-refractivity contribution in [3.63, 3.8) is 0 Å². The van der Waals surface area contributed by atoms with Crippen molar-refractivity contribution in [2.75, 3.05) is 7.11 Å². The molecule has 0 saturated carbocycles. The molecule has 20 heavy (non-hydrogen) atoms. The van der Waals surface area contributed by atoms with Crippen LogP contribution in [0.2, 0.25) is 0 Å². The van der Waals surface area contributed by atoms with E-state index in [0.29, 0.717) is 11.3 Å². The molecular weight excluding hydrogens is 275 g/mol. The molecule has 0 saturated heterocycles. The normalized spacial score (nSPS) is 12.6. The fourth-order valence-electron chi connectivity index (χ4n) is 1.51. The van der Waals surface area contributed by atoms with E-state index < -0.39 is 12.1 Å². The highest BCUT2D eigenvalue weighted by Gasteiger charge is 2.38. The molecule has 8 heteroatoms. The first-order valence-corrected chi connectivity index (χ1v) is 5.51. The number of benzene rings is 1. The Labute approximate surface area is 112 Å². The van der Waals surface area contributed by atoms with Gasteiger partial charge in [-0.05, 0) is 12.5 Å². The minimum absolute atomic E-state index is 0.120. The predicted molar refractivity (Wildman–Crippen MR) is 64.0 cm³/mol. The van der Waals surface area contributed by atoms with E-state index in [1.807, 2.05) is 0 Å². The van der Waals surface area contributed by atoms with Crippen LogP contribution in [0, 0.1) is 0 Å². The molecule has 0 radical (unpaired) electrons. The van der Waals surface area contributed by atoms with Crippen LogP contribution in [0.4, 0.5) is 13.2 Å². The van der Waals surface area contributed by atoms with E-state index >= 15 is 0 Å². The molecule has 5 nitrogen and oxygen atoms in total. The Morgan fingerprint density at radius 3 is 2.40 bits per heavy atom. The van der Waals surface area contributed by atoms with Crippen molar-refractivity contribution in [2.45, 2.75) is 13.1 Å². The molecule has 0 amide bonds. The molecule has 1 heterocycles. The molecule has 2 aromatic rings. The largest absolute Gasteiger partial charge is 0.471 e. The van der Waals surface area contributed by atoms with Crippen molar-refractivity contribution in [2.24, 2.45) is 5.16 Å². The maximum absolute atomic E-state index is 12.3. The molecule has 0 fully saturated rings. The second-order valence-corrected chi connectivity index (χ2v) is 3.86. The molecule has 2 rings (SSSR count). The highest BCUT2D eigenvalue weighted by Crippen LogP contribution is 2.29. The molecular formula is C12H10F3N3O2. The first-order valence-electron chi connectivity index (χ1n) is 5.51. The quantitative estimate of drug-likeness (QED) is 0.642. The van der Waals surface area contributed by atoms with Gasteiger partial charge in [-0.25, -0.2) is 0 Å². The highest BCUT2D eigenvalue weighted by atomic mass is 19.4. The average Bonchev–Trinajstić information content (AvgIpc) is 2.89. The monoisotopic (exact) mass is 285 g/mol. The maximum Gasteiger partial charge on any atom is 0.471 e. The third-order valence-electron chi connectivity index (χ3n) is 2.46. The number of aromatic nitrogens is 2. The summed E-state index contributed by atoms with van der Waals surface area (Å²) >= 11 is 0. The SMILES string of the molecule is CO/N=C(\C)c1ccc(-c2noc(C(F)(F)F)n2)cc1. The molecule has 0 aliphatic heterocycles. The molecule has 0 aliphatic rings. The van der Waals surface area contributed by atoms with Crippen LogP contribution in [0.1, 0.15) is 18.4 Å². The molecule has 1 aromatic carbocycles. The summed E-state index contributed by atoms with van der Waals surface area (Å²) in [4.78, 5) is 7.94. The van der Waals surface area contributed by atoms with E-state index in [2.05, 4.69) is 24.7 Å². The second-order valence-electron chi connectivity index (χ2n) is 3.86. The van der Waals surface area contributed by atoms with E-state index in [1.54, 1.807) is 31.2 Å². The average molecular weight is 285 g/mol. The Morgan fingerprint density at radius 1 is 1.25 bits per heavy atom. The first kappa shape index (κ1) is 14.0. The van der Waals surface area contributed by atoms with Gasteiger partial charge < -0.3 is 9.36 Å². The lowest BCUT2D eigenvalue weighted by molar-refractivity contribution is -0.159. The lowest BCUT2D eigenvalue weighted by Crippen LogP contribution is -2.04. The summed E-state index contributed by atoms with van der Waals surface area (Å²) in [5.41, 5.74) is 1.83. The van der Waals surface area contributed by atoms with Crippen molar-refractivity contribution >= 4 is 5.71 Å². The topological polar surface area (TPSA) is 60.5 Å². The fourth-order valence-corrected chi connectivity index (χ4v) is 1.51. The third kappa shape index (κ3) is 2.95. The van der Waals surface area contributed by atoms with E-state index in [1.165, 1.54) is 7.11 Å². The van der Waals surface area contributed by atoms with Crippen LogP contribution in [0.3, 0.4) is 0 Å². The molecule has 0 unspecified atom stereocenters. The molecule has 0 N–H and O–H groups in total. The van der Waals surface area contributed by atoms with E-state index in [-0.39, 0.29) is 5.82 Å². The molecule has 0 spiro atoms. The van der Waals surface area contributed by atoms with Crippen LogP contribution in [-0.4, -0.2) is 23.0 Å². The van der Waals surface area contributed by atoms with E-state index in [0.717, 1.165) is 5.56 Å². The van der Waals surface area contributed by atoms with Gasteiger partial charge in [0.05, 0.1) is 5.71 Å². The lowest BCUT2D eigenvalue weighted by atomic mass is 10.1. The number of hydrogen-bond acceptors (Lipinski definition) is 5. The van der Waals surface area contributed by atoms with Gasteiger partial charge in [0, 0.05) is 5.56 Å². The highest BCUT2D eigenvalue weighted by molar-refractivity contribution is 5.98. The van der Waals surface area contributed by atoms with E-state index in [9.17, 15) is 13.2 Å². The number of rotatable bonds is 3. The van der Waals surface area contributed by atoms with Gasteiger partial charge in [0.25, 0.3) is 0 Å². The summed E-state index contributed by atoms with van der Waals surface area (Å²) in [6.45, 7) is 1.74. The predicted octanol–water partition coefficient (Wildman–Crippen LogP) is 3.13. The van der Waals surface area contributed by atoms with E-state index in [4.69, 9.17) is 0 Å². The summed E-state index contributed by atoms with van der Waals surface area (Å²) < 4.78 is 41.2. The van der Waals surface area contributed by atoms with Gasteiger partial charge in [0.15, 0.2) is 0 Å². The van der Waals surface area contributed by atoms with Crippen molar-refractivity contribution in [3.05, 3.63) is 35.7 Å². The standard InChI is InChI=1S/C12H10F3N3O2/c1-7(17-19-2)8-3-5-9(6-4-8)10-16-11(20-18-10)12(13,14)15/h3-6H,1-2H3/b17-7+. The van der Waals surface area contributed by atoms with Gasteiger partial charge in [0.2, 0.25) is 5.82 Å². The van der Waals surface area contributed by atoms with Crippen LogP contribution < -0.4 is 0 Å². The summed E-state index contributed by atoms with van der Waals surface area (Å²) in [5.74, 6) is -1.49. The molecule has 106 valence electrons. The zero-order valence-electron chi connectivity index (χ0n) is 10.6. The van der Waals surface area contributed by atoms with Gasteiger partial charge in [-0.15, -0.1) is 0 Å². The summed E-state index contributed by atoms with van der Waals surface area (Å²) in [6.07, 6.45) is -4.65. The Balaban J connectivity index is 2.26.